The maximum absolute atomic E-state index is 6.15. The highest BCUT2D eigenvalue weighted by Crippen LogP contribution is 2.19. The summed E-state index contributed by atoms with van der Waals surface area (Å²) in [5.41, 5.74) is 4.40. The molecule has 3 rings (SSSR count). The molecule has 1 N–H and O–H groups in total. The fourth-order valence-corrected chi connectivity index (χ4v) is 2.98. The van der Waals surface area contributed by atoms with Gasteiger partial charge in [-0.25, -0.2) is 0 Å². The van der Waals surface area contributed by atoms with Crippen LogP contribution in [0.5, 0.6) is 5.75 Å². The van der Waals surface area contributed by atoms with Crippen LogP contribution in [0.15, 0.2) is 72.8 Å². The van der Waals surface area contributed by atoms with Crippen LogP contribution >= 0.6 is 23.8 Å². The van der Waals surface area contributed by atoms with Crippen LogP contribution < -0.4 is 10.1 Å². The molecule has 0 spiro atoms. The van der Waals surface area contributed by atoms with Gasteiger partial charge in [0.15, 0.2) is 0 Å². The Bertz CT molecular complexity index is 893. The number of hydrogen-bond donors (Lipinski definition) is 1. The van der Waals surface area contributed by atoms with Crippen LogP contribution in [0.3, 0.4) is 0 Å². The van der Waals surface area contributed by atoms with E-state index in [1.54, 1.807) is 0 Å². The van der Waals surface area contributed by atoms with Gasteiger partial charge in [-0.05, 0) is 42.8 Å². The van der Waals surface area contributed by atoms with Crippen LogP contribution in [0.1, 0.15) is 22.3 Å². The van der Waals surface area contributed by atoms with Gasteiger partial charge >= 0.3 is 0 Å². The molecule has 3 aromatic carbocycles. The molecule has 0 bridgehead atoms. The van der Waals surface area contributed by atoms with Crippen molar-refractivity contribution in [2.45, 2.75) is 20.1 Å². The van der Waals surface area contributed by atoms with Crippen molar-refractivity contribution in [1.82, 2.24) is 5.32 Å². The van der Waals surface area contributed by atoms with Crippen molar-refractivity contribution in [1.29, 1.82) is 0 Å². The van der Waals surface area contributed by atoms with Crippen LogP contribution in [-0.4, -0.2) is 4.99 Å². The largest absolute Gasteiger partial charge is 0.489 e. The Balaban J connectivity index is 1.55. The number of thiocarbonyl (C=S) groups is 1. The SMILES string of the molecule is Cc1cccc(CNC(=S)c2ccc(OCc3ccccc3Cl)cc2)c1. The van der Waals surface area contributed by atoms with Crippen molar-refractivity contribution in [3.63, 3.8) is 0 Å². The van der Waals surface area contributed by atoms with Crippen LogP contribution in [-0.2, 0) is 13.2 Å². The normalized spacial score (nSPS) is 10.4. The smallest absolute Gasteiger partial charge is 0.119 e. The van der Waals surface area contributed by atoms with Gasteiger partial charge < -0.3 is 10.1 Å². The fourth-order valence-electron chi connectivity index (χ4n) is 2.59. The molecule has 0 saturated heterocycles. The molecule has 0 atom stereocenters. The molecule has 3 aromatic rings. The molecule has 0 aromatic heterocycles. The topological polar surface area (TPSA) is 21.3 Å². The van der Waals surface area contributed by atoms with E-state index in [9.17, 15) is 0 Å². The zero-order valence-electron chi connectivity index (χ0n) is 14.5. The Morgan fingerprint density at radius 2 is 1.77 bits per heavy atom. The second-order valence-electron chi connectivity index (χ2n) is 6.08. The molecular weight excluding hydrogens is 362 g/mol. The number of halogens is 1. The van der Waals surface area contributed by atoms with Gasteiger partial charge in [-0.1, -0.05) is 71.8 Å². The maximum atomic E-state index is 6.15. The van der Waals surface area contributed by atoms with E-state index >= 15 is 0 Å². The summed E-state index contributed by atoms with van der Waals surface area (Å²) in [7, 11) is 0. The Hall–Kier alpha value is -2.36. The van der Waals surface area contributed by atoms with E-state index in [1.165, 1.54) is 11.1 Å². The summed E-state index contributed by atoms with van der Waals surface area (Å²) in [4.78, 5) is 0.726. The number of benzene rings is 3. The summed E-state index contributed by atoms with van der Waals surface area (Å²) in [6, 6.07) is 23.8. The number of hydrogen-bond acceptors (Lipinski definition) is 2. The summed E-state index contributed by atoms with van der Waals surface area (Å²) in [6.45, 7) is 3.24. The lowest BCUT2D eigenvalue weighted by Gasteiger charge is -2.11. The molecule has 0 unspecified atom stereocenters. The predicted molar refractivity (Wildman–Crippen MR) is 112 cm³/mol. The number of aryl methyl sites for hydroxylation is 1. The number of ether oxygens (including phenoxy) is 1. The minimum absolute atomic E-state index is 0.440. The van der Waals surface area contributed by atoms with Crippen LogP contribution in [0.2, 0.25) is 5.02 Å². The van der Waals surface area contributed by atoms with Crippen molar-refractivity contribution in [2.75, 3.05) is 0 Å². The highest BCUT2D eigenvalue weighted by Gasteiger charge is 2.04. The van der Waals surface area contributed by atoms with Gasteiger partial charge in [-0.2, -0.15) is 0 Å². The van der Waals surface area contributed by atoms with Crippen molar-refractivity contribution in [3.8, 4) is 5.75 Å². The van der Waals surface area contributed by atoms with Crippen molar-refractivity contribution < 1.29 is 4.74 Å². The summed E-state index contributed by atoms with van der Waals surface area (Å²) in [5.74, 6) is 0.787. The summed E-state index contributed by atoms with van der Waals surface area (Å²) < 4.78 is 5.80. The molecule has 132 valence electrons. The lowest BCUT2D eigenvalue weighted by molar-refractivity contribution is 0.306. The maximum Gasteiger partial charge on any atom is 0.119 e. The lowest BCUT2D eigenvalue weighted by atomic mass is 10.1. The Morgan fingerprint density at radius 1 is 1.00 bits per heavy atom. The first kappa shape index (κ1) is 18.4. The third-order valence-corrected chi connectivity index (χ3v) is 4.75. The molecule has 2 nitrogen and oxygen atoms in total. The molecule has 0 aliphatic heterocycles. The third-order valence-electron chi connectivity index (χ3n) is 4.00. The quantitative estimate of drug-likeness (QED) is 0.554. The average molecular weight is 382 g/mol. The van der Waals surface area contributed by atoms with E-state index in [4.69, 9.17) is 28.6 Å². The molecule has 4 heteroatoms. The molecular formula is C22H20ClNOS. The van der Waals surface area contributed by atoms with E-state index in [-0.39, 0.29) is 0 Å². The highest BCUT2D eigenvalue weighted by atomic mass is 35.5. The minimum atomic E-state index is 0.440. The Kier molecular flexibility index (Phi) is 6.26. The Morgan fingerprint density at radius 3 is 2.50 bits per heavy atom. The highest BCUT2D eigenvalue weighted by molar-refractivity contribution is 7.80. The van der Waals surface area contributed by atoms with Crippen LogP contribution in [0.25, 0.3) is 0 Å². The zero-order chi connectivity index (χ0) is 18.4. The van der Waals surface area contributed by atoms with Crippen molar-refractivity contribution in [2.24, 2.45) is 0 Å². The van der Waals surface area contributed by atoms with Crippen LogP contribution in [0.4, 0.5) is 0 Å². The number of nitrogens with one attached hydrogen (secondary N) is 1. The van der Waals surface area contributed by atoms with E-state index in [2.05, 4.69) is 36.5 Å². The molecule has 0 fully saturated rings. The molecule has 0 saturated carbocycles. The van der Waals surface area contributed by atoms with Gasteiger partial charge in [0.2, 0.25) is 0 Å². The van der Waals surface area contributed by atoms with E-state index in [1.807, 2.05) is 48.5 Å². The molecule has 0 heterocycles. The second kappa shape index (κ2) is 8.84. The minimum Gasteiger partial charge on any atom is -0.489 e. The molecule has 0 aliphatic rings. The summed E-state index contributed by atoms with van der Waals surface area (Å²) in [6.07, 6.45) is 0. The van der Waals surface area contributed by atoms with Gasteiger partial charge in [0.1, 0.15) is 17.3 Å². The molecule has 26 heavy (non-hydrogen) atoms. The molecule has 0 aliphatic carbocycles. The summed E-state index contributed by atoms with van der Waals surface area (Å²) in [5, 5.41) is 4.01. The molecule has 0 radical (unpaired) electrons. The van der Waals surface area contributed by atoms with E-state index < -0.39 is 0 Å². The van der Waals surface area contributed by atoms with Crippen molar-refractivity contribution >= 4 is 28.8 Å². The first-order chi connectivity index (χ1) is 12.6. The monoisotopic (exact) mass is 381 g/mol. The first-order valence-corrected chi connectivity index (χ1v) is 9.20. The van der Waals surface area contributed by atoms with Crippen LogP contribution in [0, 0.1) is 6.92 Å². The fraction of sp³-hybridized carbons (Fsp3) is 0.136. The second-order valence-corrected chi connectivity index (χ2v) is 6.89. The van der Waals surface area contributed by atoms with Gasteiger partial charge in [0.25, 0.3) is 0 Å². The first-order valence-electron chi connectivity index (χ1n) is 8.42. The van der Waals surface area contributed by atoms with E-state index in [0.717, 1.165) is 21.9 Å². The van der Waals surface area contributed by atoms with Crippen molar-refractivity contribution in [3.05, 3.63) is 100 Å². The Labute approximate surface area is 164 Å². The lowest BCUT2D eigenvalue weighted by Crippen LogP contribution is -2.21. The standard InChI is InChI=1S/C22H20ClNOS/c1-16-5-4-6-17(13-16)14-24-22(26)18-9-11-20(12-10-18)25-15-19-7-2-3-8-21(19)23/h2-13H,14-15H2,1H3,(H,24,26). The predicted octanol–water partition coefficient (Wildman–Crippen LogP) is 5.69. The van der Waals surface area contributed by atoms with Gasteiger partial charge in [0, 0.05) is 22.7 Å². The number of rotatable bonds is 6. The van der Waals surface area contributed by atoms with Gasteiger partial charge in [-0.15, -0.1) is 0 Å². The van der Waals surface area contributed by atoms with E-state index in [0.29, 0.717) is 18.2 Å². The summed E-state index contributed by atoms with van der Waals surface area (Å²) >= 11 is 11.6. The molecule has 0 amide bonds. The van der Waals surface area contributed by atoms with Gasteiger partial charge in [0.05, 0.1) is 0 Å². The average Bonchev–Trinajstić information content (AvgIpc) is 2.66. The van der Waals surface area contributed by atoms with Gasteiger partial charge in [-0.3, -0.25) is 0 Å². The third kappa shape index (κ3) is 5.07. The zero-order valence-corrected chi connectivity index (χ0v) is 16.1.